The number of hydrogen-bond donors (Lipinski definition) is 6. The van der Waals surface area contributed by atoms with E-state index < -0.39 is 49.5 Å². The number of nitrogens with one attached hydrogen (secondary N) is 1. The zero-order chi connectivity index (χ0) is 36.0. The molecule has 1 heterocycles. The van der Waals surface area contributed by atoms with Crippen LogP contribution in [-0.2, 0) is 14.3 Å². The molecule has 1 fully saturated rings. The lowest BCUT2D eigenvalue weighted by atomic mass is 9.99. The standard InChI is InChI=1S/C40H77NO8/c1-3-5-6-7-8-9-10-11-12-13-14-15-16-17-18-19-20-21-22-23-24-25-26-27-28-29-30-34(43)33(41-36(44)4-2)32-48-40-39(47)38(46)37(45)35(31-42)49-40/h29-30,33-35,37-40,42-43,45-47H,3-28,31-32H2,1-2H3,(H,41,44)/b30-29+. The van der Waals surface area contributed by atoms with Crippen molar-refractivity contribution in [3.05, 3.63) is 12.2 Å². The zero-order valence-electron chi connectivity index (χ0n) is 31.5. The van der Waals surface area contributed by atoms with Gasteiger partial charge in [-0.05, 0) is 12.8 Å². The Morgan fingerprint density at radius 3 is 1.51 bits per heavy atom. The molecule has 0 saturated carbocycles. The predicted molar refractivity (Wildman–Crippen MR) is 198 cm³/mol. The van der Waals surface area contributed by atoms with E-state index in [0.717, 1.165) is 19.3 Å². The van der Waals surface area contributed by atoms with E-state index in [1.165, 1.54) is 141 Å². The lowest BCUT2D eigenvalue weighted by molar-refractivity contribution is -0.302. The fraction of sp³-hybridized carbons (Fsp3) is 0.925. The van der Waals surface area contributed by atoms with Gasteiger partial charge in [0.05, 0.1) is 25.4 Å². The average molecular weight is 700 g/mol. The van der Waals surface area contributed by atoms with Crippen LogP contribution in [0.2, 0.25) is 0 Å². The van der Waals surface area contributed by atoms with Crippen LogP contribution in [0, 0.1) is 0 Å². The Morgan fingerprint density at radius 1 is 0.673 bits per heavy atom. The molecule has 6 N–H and O–H groups in total. The maximum atomic E-state index is 12.0. The minimum Gasteiger partial charge on any atom is -0.394 e. The van der Waals surface area contributed by atoms with Crippen LogP contribution in [-0.4, -0.2) is 87.5 Å². The first-order chi connectivity index (χ1) is 23.8. The van der Waals surface area contributed by atoms with Crippen molar-refractivity contribution in [2.75, 3.05) is 13.2 Å². The summed E-state index contributed by atoms with van der Waals surface area (Å²) in [6, 6.07) is -0.796. The molecule has 1 amide bonds. The summed E-state index contributed by atoms with van der Waals surface area (Å²) >= 11 is 0. The summed E-state index contributed by atoms with van der Waals surface area (Å²) in [6.07, 6.45) is 29.4. The summed E-state index contributed by atoms with van der Waals surface area (Å²) in [6.45, 7) is 3.23. The molecule has 7 unspecified atom stereocenters. The topological polar surface area (TPSA) is 149 Å². The molecule has 0 aliphatic carbocycles. The molecule has 7 atom stereocenters. The van der Waals surface area contributed by atoms with E-state index in [9.17, 15) is 30.3 Å². The molecule has 1 aliphatic heterocycles. The fourth-order valence-electron chi connectivity index (χ4n) is 6.53. The molecule has 49 heavy (non-hydrogen) atoms. The molecule has 0 aromatic carbocycles. The number of carbonyl (C=O) groups is 1. The number of aliphatic hydroxyl groups is 5. The van der Waals surface area contributed by atoms with Crippen molar-refractivity contribution in [3.63, 3.8) is 0 Å². The highest BCUT2D eigenvalue weighted by Crippen LogP contribution is 2.22. The van der Waals surface area contributed by atoms with E-state index in [-0.39, 0.29) is 18.9 Å². The molecule has 0 radical (unpaired) electrons. The smallest absolute Gasteiger partial charge is 0.220 e. The highest BCUT2D eigenvalue weighted by Gasteiger charge is 2.44. The summed E-state index contributed by atoms with van der Waals surface area (Å²) < 4.78 is 10.9. The third kappa shape index (κ3) is 23.2. The summed E-state index contributed by atoms with van der Waals surface area (Å²) in [5.41, 5.74) is 0. The fourth-order valence-corrected chi connectivity index (χ4v) is 6.53. The summed E-state index contributed by atoms with van der Waals surface area (Å²) in [4.78, 5) is 12.0. The number of allylic oxidation sites excluding steroid dienone is 1. The van der Waals surface area contributed by atoms with Crippen molar-refractivity contribution in [2.45, 2.75) is 224 Å². The van der Waals surface area contributed by atoms with Gasteiger partial charge in [-0.2, -0.15) is 0 Å². The van der Waals surface area contributed by atoms with Crippen molar-refractivity contribution < 1.29 is 39.8 Å². The van der Waals surface area contributed by atoms with E-state index in [0.29, 0.717) is 0 Å². The van der Waals surface area contributed by atoms with Crippen LogP contribution in [0.25, 0.3) is 0 Å². The molecule has 0 spiro atoms. The number of ether oxygens (including phenoxy) is 2. The summed E-state index contributed by atoms with van der Waals surface area (Å²) in [7, 11) is 0. The first kappa shape index (κ1) is 46.0. The second kappa shape index (κ2) is 31.6. The van der Waals surface area contributed by atoms with Gasteiger partial charge >= 0.3 is 0 Å². The van der Waals surface area contributed by atoms with Crippen LogP contribution in [0.5, 0.6) is 0 Å². The molecule has 0 aromatic heterocycles. The lowest BCUT2D eigenvalue weighted by Crippen LogP contribution is -2.60. The Kier molecular flexibility index (Phi) is 29.7. The minimum absolute atomic E-state index is 0.195. The Hall–Kier alpha value is -1.07. The average Bonchev–Trinajstić information content (AvgIpc) is 3.10. The third-order valence-electron chi connectivity index (χ3n) is 9.93. The summed E-state index contributed by atoms with van der Waals surface area (Å²) in [5, 5.41) is 52.9. The molecular weight excluding hydrogens is 622 g/mol. The normalized spacial score (nSPS) is 22.5. The van der Waals surface area contributed by atoms with Gasteiger partial charge in [-0.1, -0.05) is 174 Å². The largest absolute Gasteiger partial charge is 0.394 e. The predicted octanol–water partition coefficient (Wildman–Crippen LogP) is 7.39. The number of hydrogen-bond acceptors (Lipinski definition) is 8. The van der Waals surface area contributed by atoms with Crippen molar-refractivity contribution in [3.8, 4) is 0 Å². The van der Waals surface area contributed by atoms with Crippen LogP contribution in [0.4, 0.5) is 0 Å². The summed E-state index contributed by atoms with van der Waals surface area (Å²) in [5.74, 6) is -0.264. The van der Waals surface area contributed by atoms with E-state index >= 15 is 0 Å². The third-order valence-corrected chi connectivity index (χ3v) is 9.93. The van der Waals surface area contributed by atoms with E-state index in [1.807, 2.05) is 6.08 Å². The van der Waals surface area contributed by atoms with E-state index in [1.54, 1.807) is 13.0 Å². The van der Waals surface area contributed by atoms with E-state index in [2.05, 4.69) is 12.2 Å². The first-order valence-corrected chi connectivity index (χ1v) is 20.4. The quantitative estimate of drug-likeness (QED) is 0.0307. The highest BCUT2D eigenvalue weighted by molar-refractivity contribution is 5.75. The number of aliphatic hydroxyl groups excluding tert-OH is 5. The lowest BCUT2D eigenvalue weighted by Gasteiger charge is -2.40. The number of amides is 1. The Labute approximate surface area is 299 Å². The van der Waals surface area contributed by atoms with Gasteiger partial charge in [-0.3, -0.25) is 4.79 Å². The van der Waals surface area contributed by atoms with Gasteiger partial charge in [0.15, 0.2) is 6.29 Å². The van der Waals surface area contributed by atoms with Crippen LogP contribution in [0.3, 0.4) is 0 Å². The van der Waals surface area contributed by atoms with Gasteiger partial charge in [0.25, 0.3) is 0 Å². The van der Waals surface area contributed by atoms with E-state index in [4.69, 9.17) is 9.47 Å². The molecule has 0 bridgehead atoms. The first-order valence-electron chi connectivity index (χ1n) is 20.4. The molecular formula is C40H77NO8. The van der Waals surface area contributed by atoms with Crippen molar-refractivity contribution >= 4 is 5.91 Å². The van der Waals surface area contributed by atoms with Crippen molar-refractivity contribution in [2.24, 2.45) is 0 Å². The van der Waals surface area contributed by atoms with Crippen LogP contribution in [0.1, 0.15) is 181 Å². The molecule has 1 aliphatic rings. The SMILES string of the molecule is CCCCCCCCCCCCCCCCCCCCCCCCCC/C=C/C(O)C(COC1OC(CO)C(O)C(O)C1O)NC(=O)CC. The molecule has 0 aromatic rings. The van der Waals surface area contributed by atoms with Crippen LogP contribution < -0.4 is 5.32 Å². The maximum absolute atomic E-state index is 12.0. The highest BCUT2D eigenvalue weighted by atomic mass is 16.7. The second-order valence-electron chi connectivity index (χ2n) is 14.4. The number of carbonyl (C=O) groups excluding carboxylic acids is 1. The number of unbranched alkanes of at least 4 members (excludes halogenated alkanes) is 24. The molecule has 9 nitrogen and oxygen atoms in total. The Balaban J connectivity index is 2.01. The van der Waals surface area contributed by atoms with Crippen molar-refractivity contribution in [1.29, 1.82) is 0 Å². The maximum Gasteiger partial charge on any atom is 0.220 e. The van der Waals surface area contributed by atoms with Gasteiger partial charge in [-0.25, -0.2) is 0 Å². The van der Waals surface area contributed by atoms with Crippen molar-refractivity contribution in [1.82, 2.24) is 5.32 Å². The molecule has 1 rings (SSSR count). The number of rotatable bonds is 33. The van der Waals surface area contributed by atoms with Gasteiger partial charge in [0.2, 0.25) is 5.91 Å². The van der Waals surface area contributed by atoms with Gasteiger partial charge in [0, 0.05) is 6.42 Å². The molecule has 9 heteroatoms. The van der Waals surface area contributed by atoms with Crippen LogP contribution >= 0.6 is 0 Å². The Morgan fingerprint density at radius 2 is 1.10 bits per heavy atom. The minimum atomic E-state index is -1.56. The van der Waals surface area contributed by atoms with Gasteiger partial charge in [0.1, 0.15) is 24.4 Å². The Bertz CT molecular complexity index is 781. The van der Waals surface area contributed by atoms with Crippen LogP contribution in [0.15, 0.2) is 12.2 Å². The second-order valence-corrected chi connectivity index (χ2v) is 14.4. The molecule has 1 saturated heterocycles. The monoisotopic (exact) mass is 700 g/mol. The zero-order valence-corrected chi connectivity index (χ0v) is 31.5. The van der Waals surface area contributed by atoms with Gasteiger partial charge in [-0.15, -0.1) is 0 Å². The van der Waals surface area contributed by atoms with Gasteiger partial charge < -0.3 is 40.3 Å². The molecule has 290 valence electrons.